The van der Waals surface area contributed by atoms with Crippen molar-refractivity contribution >= 4 is 0 Å². The van der Waals surface area contributed by atoms with Crippen LogP contribution in [0.15, 0.2) is 24.4 Å². The van der Waals surface area contributed by atoms with Crippen molar-refractivity contribution in [1.29, 1.82) is 5.26 Å². The number of phenols is 1. The maximum absolute atomic E-state index is 12.9. The molecule has 0 radical (unpaired) electrons. The van der Waals surface area contributed by atoms with E-state index in [2.05, 4.69) is 5.10 Å². The van der Waals surface area contributed by atoms with Crippen LogP contribution < -0.4 is 4.74 Å². The van der Waals surface area contributed by atoms with Gasteiger partial charge < -0.3 is 9.84 Å². The maximum atomic E-state index is 12.9. The van der Waals surface area contributed by atoms with Crippen molar-refractivity contribution < 1.29 is 23.0 Å². The number of alkyl halides is 3. The summed E-state index contributed by atoms with van der Waals surface area (Å²) >= 11 is 0. The highest BCUT2D eigenvalue weighted by Gasteiger charge is 2.36. The number of hydrogen-bond acceptors (Lipinski definition) is 4. The van der Waals surface area contributed by atoms with Gasteiger partial charge in [0.25, 0.3) is 0 Å². The zero-order valence-electron chi connectivity index (χ0n) is 10.8. The van der Waals surface area contributed by atoms with Crippen molar-refractivity contribution in [3.8, 4) is 23.4 Å². The number of benzene rings is 1. The molecule has 1 aromatic carbocycles. The number of rotatable bonds is 3. The molecule has 0 aliphatic rings. The number of aromatic nitrogens is 2. The van der Waals surface area contributed by atoms with Crippen molar-refractivity contribution in [3.63, 3.8) is 0 Å². The van der Waals surface area contributed by atoms with Crippen LogP contribution in [0.25, 0.3) is 5.69 Å². The highest BCUT2D eigenvalue weighted by Crippen LogP contribution is 2.39. The Balaban J connectivity index is 2.59. The van der Waals surface area contributed by atoms with E-state index in [1.165, 1.54) is 12.3 Å². The Kier molecular flexibility index (Phi) is 3.76. The Morgan fingerprint density at radius 3 is 2.71 bits per heavy atom. The summed E-state index contributed by atoms with van der Waals surface area (Å²) in [4.78, 5) is 0. The van der Waals surface area contributed by atoms with E-state index in [0.29, 0.717) is 12.7 Å². The summed E-state index contributed by atoms with van der Waals surface area (Å²) in [5.74, 6) is -0.791. The predicted octanol–water partition coefficient (Wildman–Crippen LogP) is 2.87. The molecule has 2 rings (SSSR count). The number of phenolic OH excluding ortho intramolecular Hbond substituents is 1. The first-order valence-corrected chi connectivity index (χ1v) is 5.90. The largest absolute Gasteiger partial charge is 0.505 e. The van der Waals surface area contributed by atoms with Crippen molar-refractivity contribution in [3.05, 3.63) is 35.5 Å². The van der Waals surface area contributed by atoms with Crippen LogP contribution in [0.4, 0.5) is 13.2 Å². The van der Waals surface area contributed by atoms with Crippen molar-refractivity contribution in [2.75, 3.05) is 6.61 Å². The topological polar surface area (TPSA) is 71.1 Å². The zero-order chi connectivity index (χ0) is 15.6. The third-order valence-corrected chi connectivity index (χ3v) is 2.63. The normalized spacial score (nSPS) is 11.2. The van der Waals surface area contributed by atoms with E-state index in [1.807, 2.05) is 0 Å². The summed E-state index contributed by atoms with van der Waals surface area (Å²) in [5, 5.41) is 22.5. The summed E-state index contributed by atoms with van der Waals surface area (Å²) < 4.78 is 44.7. The van der Waals surface area contributed by atoms with Crippen LogP contribution in [0.1, 0.15) is 18.1 Å². The molecule has 0 aliphatic carbocycles. The van der Waals surface area contributed by atoms with Crippen LogP contribution in [0.5, 0.6) is 11.6 Å². The summed E-state index contributed by atoms with van der Waals surface area (Å²) in [6, 6.07) is 4.77. The van der Waals surface area contributed by atoms with Gasteiger partial charge in [-0.1, -0.05) is 0 Å². The highest BCUT2D eigenvalue weighted by molar-refractivity contribution is 5.56. The third kappa shape index (κ3) is 2.91. The molecule has 0 aliphatic heterocycles. The van der Waals surface area contributed by atoms with Crippen molar-refractivity contribution in [2.24, 2.45) is 0 Å². The van der Waals surface area contributed by atoms with Gasteiger partial charge in [-0.05, 0) is 19.1 Å². The molecule has 0 unspecified atom stereocenters. The lowest BCUT2D eigenvalue weighted by Crippen LogP contribution is -2.08. The standard InChI is InChI=1S/C13H10F3N3O2/c1-2-21-11-3-4-19(18-11)10-6-8(7-17)5-9(12(10)20)13(14,15)16/h3-6,20H,2H2,1H3. The van der Waals surface area contributed by atoms with E-state index in [0.717, 1.165) is 10.7 Å². The van der Waals surface area contributed by atoms with Crippen LogP contribution in [0.2, 0.25) is 0 Å². The molecule has 0 saturated carbocycles. The summed E-state index contributed by atoms with van der Waals surface area (Å²) in [6.45, 7) is 2.07. The first-order chi connectivity index (χ1) is 9.86. The molecule has 0 fully saturated rings. The Hall–Kier alpha value is -2.69. The second-order valence-corrected chi connectivity index (χ2v) is 4.03. The predicted molar refractivity (Wildman–Crippen MR) is 66.1 cm³/mol. The zero-order valence-corrected chi connectivity index (χ0v) is 10.8. The minimum absolute atomic E-state index is 0.202. The van der Waals surface area contributed by atoms with E-state index in [1.54, 1.807) is 13.0 Å². The molecule has 8 heteroatoms. The minimum Gasteiger partial charge on any atom is -0.505 e. The van der Waals surface area contributed by atoms with Crippen molar-refractivity contribution in [1.82, 2.24) is 9.78 Å². The Labute approximate surface area is 117 Å². The molecule has 0 amide bonds. The highest BCUT2D eigenvalue weighted by atomic mass is 19.4. The van der Waals surface area contributed by atoms with Crippen LogP contribution in [-0.4, -0.2) is 21.5 Å². The first kappa shape index (κ1) is 14.7. The minimum atomic E-state index is -4.78. The molecule has 0 atom stereocenters. The fraction of sp³-hybridized carbons (Fsp3) is 0.231. The van der Waals surface area contributed by atoms with Gasteiger partial charge in [-0.15, -0.1) is 5.10 Å². The maximum Gasteiger partial charge on any atom is 0.420 e. The molecule has 2 aromatic rings. The lowest BCUT2D eigenvalue weighted by atomic mass is 10.1. The Morgan fingerprint density at radius 1 is 1.43 bits per heavy atom. The third-order valence-electron chi connectivity index (χ3n) is 2.63. The van der Waals surface area contributed by atoms with Crippen molar-refractivity contribution in [2.45, 2.75) is 13.1 Å². The molecule has 1 aromatic heterocycles. The number of nitriles is 1. The summed E-state index contributed by atoms with van der Waals surface area (Å²) in [5.41, 5.74) is -1.76. The Bertz CT molecular complexity index is 702. The number of hydrogen-bond donors (Lipinski definition) is 1. The van der Waals surface area contributed by atoms with Gasteiger partial charge in [0.1, 0.15) is 11.3 Å². The van der Waals surface area contributed by atoms with Gasteiger partial charge in [-0.3, -0.25) is 0 Å². The fourth-order valence-electron chi connectivity index (χ4n) is 1.74. The van der Waals surface area contributed by atoms with E-state index in [-0.39, 0.29) is 17.1 Å². The number of halogens is 3. The van der Waals surface area contributed by atoms with Gasteiger partial charge >= 0.3 is 6.18 Å². The second kappa shape index (κ2) is 5.36. The quantitative estimate of drug-likeness (QED) is 0.945. The molecular formula is C13H10F3N3O2. The number of aromatic hydroxyl groups is 1. The molecule has 0 saturated heterocycles. The van der Waals surface area contributed by atoms with E-state index in [4.69, 9.17) is 10.00 Å². The summed E-state index contributed by atoms with van der Waals surface area (Å²) in [6.07, 6.45) is -3.44. The van der Waals surface area contributed by atoms with Crippen LogP contribution in [0.3, 0.4) is 0 Å². The van der Waals surface area contributed by atoms with Crippen LogP contribution in [0, 0.1) is 11.3 Å². The SMILES string of the molecule is CCOc1ccn(-c2cc(C#N)cc(C(F)(F)F)c2O)n1. The average molecular weight is 297 g/mol. The molecule has 1 heterocycles. The molecule has 110 valence electrons. The molecule has 5 nitrogen and oxygen atoms in total. The van der Waals surface area contributed by atoms with Gasteiger partial charge in [0.15, 0.2) is 5.75 Å². The van der Waals surface area contributed by atoms with Crippen LogP contribution >= 0.6 is 0 Å². The second-order valence-electron chi connectivity index (χ2n) is 4.03. The molecule has 21 heavy (non-hydrogen) atoms. The Morgan fingerprint density at radius 2 is 2.14 bits per heavy atom. The van der Waals surface area contributed by atoms with E-state index in [9.17, 15) is 18.3 Å². The van der Waals surface area contributed by atoms with Crippen LogP contribution in [-0.2, 0) is 6.18 Å². The summed E-state index contributed by atoms with van der Waals surface area (Å²) in [7, 11) is 0. The average Bonchev–Trinajstić information content (AvgIpc) is 2.86. The molecule has 1 N–H and O–H groups in total. The lowest BCUT2D eigenvalue weighted by molar-refractivity contribution is -0.138. The molecule has 0 spiro atoms. The van der Waals surface area contributed by atoms with Gasteiger partial charge in [0.05, 0.1) is 18.2 Å². The van der Waals surface area contributed by atoms with Gasteiger partial charge in [0, 0.05) is 12.3 Å². The molecular weight excluding hydrogens is 287 g/mol. The van der Waals surface area contributed by atoms with E-state index < -0.39 is 17.5 Å². The van der Waals surface area contributed by atoms with E-state index >= 15 is 0 Å². The smallest absolute Gasteiger partial charge is 0.420 e. The number of nitrogens with zero attached hydrogens (tertiary/aromatic N) is 3. The monoisotopic (exact) mass is 297 g/mol. The first-order valence-electron chi connectivity index (χ1n) is 5.90. The van der Waals surface area contributed by atoms with Gasteiger partial charge in [-0.2, -0.15) is 18.4 Å². The van der Waals surface area contributed by atoms with Gasteiger partial charge in [0.2, 0.25) is 5.88 Å². The van der Waals surface area contributed by atoms with Gasteiger partial charge in [-0.25, -0.2) is 4.68 Å². The number of ether oxygens (including phenoxy) is 1. The lowest BCUT2D eigenvalue weighted by Gasteiger charge is -2.13. The molecule has 0 bridgehead atoms. The fourth-order valence-corrected chi connectivity index (χ4v) is 1.74.